The fraction of sp³-hybridized carbons (Fsp3) is 0.333. The second-order valence-electron chi connectivity index (χ2n) is 4.94. The summed E-state index contributed by atoms with van der Waals surface area (Å²) in [5.74, 6) is 0.518. The molecule has 0 bridgehead atoms. The molecule has 1 aliphatic rings. The third-order valence-corrected chi connectivity index (χ3v) is 3.67. The first-order valence-electron chi connectivity index (χ1n) is 6.36. The minimum atomic E-state index is 0.135. The molecule has 1 saturated heterocycles. The van der Waals surface area contributed by atoms with Crippen LogP contribution >= 0.6 is 0 Å². The lowest BCUT2D eigenvalue weighted by Gasteiger charge is -2.32. The average Bonchev–Trinajstić information content (AvgIpc) is 2.41. The number of nitrogens with zero attached hydrogens (tertiary/aromatic N) is 2. The van der Waals surface area contributed by atoms with Gasteiger partial charge in [0.15, 0.2) is 0 Å². The molecule has 3 heteroatoms. The molecule has 1 aromatic heterocycles. The number of hydrogen-bond donors (Lipinski definition) is 0. The number of pyridine rings is 1. The molecule has 0 saturated carbocycles. The number of hydrogen-bond acceptors (Lipinski definition) is 3. The second-order valence-corrected chi connectivity index (χ2v) is 4.94. The Balaban J connectivity index is 2.02. The molecule has 0 aliphatic carbocycles. The Morgan fingerprint density at radius 2 is 2.22 bits per heavy atom. The zero-order chi connectivity index (χ0) is 12.5. The number of rotatable bonds is 1. The number of aromatic nitrogens is 1. The van der Waals surface area contributed by atoms with E-state index in [1.165, 1.54) is 11.1 Å². The van der Waals surface area contributed by atoms with Crippen LogP contribution in [-0.4, -0.2) is 23.9 Å². The van der Waals surface area contributed by atoms with Gasteiger partial charge in [-0.2, -0.15) is 0 Å². The van der Waals surface area contributed by atoms with Gasteiger partial charge in [-0.3, -0.25) is 9.78 Å². The highest BCUT2D eigenvalue weighted by Crippen LogP contribution is 2.28. The zero-order valence-corrected chi connectivity index (χ0v) is 10.5. The van der Waals surface area contributed by atoms with Crippen molar-refractivity contribution >= 4 is 22.2 Å². The monoisotopic (exact) mass is 240 g/mol. The van der Waals surface area contributed by atoms with Gasteiger partial charge in [-0.25, -0.2) is 0 Å². The summed E-state index contributed by atoms with van der Waals surface area (Å²) in [4.78, 5) is 18.1. The fourth-order valence-corrected chi connectivity index (χ4v) is 2.62. The van der Waals surface area contributed by atoms with E-state index in [1.54, 1.807) is 0 Å². The largest absolute Gasteiger partial charge is 0.370 e. The Kier molecular flexibility index (Phi) is 2.74. The summed E-state index contributed by atoms with van der Waals surface area (Å²) >= 11 is 0. The van der Waals surface area contributed by atoms with Gasteiger partial charge in [0, 0.05) is 54.3 Å². The molecule has 3 rings (SSSR count). The Morgan fingerprint density at radius 3 is 3.06 bits per heavy atom. The minimum absolute atomic E-state index is 0.135. The fourth-order valence-electron chi connectivity index (χ4n) is 2.62. The third kappa shape index (κ3) is 1.86. The standard InChI is InChI=1S/C15H16N2O/c1-11-10-17(8-6-15(11)18)14-4-2-3-12-9-16-7-5-13(12)14/h2-5,7,9,11H,6,8,10H2,1H3. The van der Waals surface area contributed by atoms with Crippen molar-refractivity contribution in [1.29, 1.82) is 0 Å². The van der Waals surface area contributed by atoms with E-state index in [-0.39, 0.29) is 5.92 Å². The molecule has 0 N–H and O–H groups in total. The molecule has 2 aromatic rings. The highest BCUT2D eigenvalue weighted by molar-refractivity contribution is 5.94. The highest BCUT2D eigenvalue weighted by Gasteiger charge is 2.24. The number of benzene rings is 1. The van der Waals surface area contributed by atoms with Gasteiger partial charge in [-0.15, -0.1) is 0 Å². The number of anilines is 1. The van der Waals surface area contributed by atoms with Crippen LogP contribution in [0.5, 0.6) is 0 Å². The van der Waals surface area contributed by atoms with Crippen LogP contribution in [0.15, 0.2) is 36.7 Å². The molecule has 1 fully saturated rings. The Bertz CT molecular complexity index is 589. The Labute approximate surface area is 106 Å². The molecule has 92 valence electrons. The first-order chi connectivity index (χ1) is 8.75. The Morgan fingerprint density at radius 1 is 1.33 bits per heavy atom. The maximum Gasteiger partial charge on any atom is 0.139 e. The van der Waals surface area contributed by atoms with Gasteiger partial charge in [0.1, 0.15) is 5.78 Å². The van der Waals surface area contributed by atoms with E-state index < -0.39 is 0 Å². The summed E-state index contributed by atoms with van der Waals surface area (Å²) in [6.45, 7) is 3.66. The molecule has 1 atom stereocenters. The van der Waals surface area contributed by atoms with E-state index in [9.17, 15) is 4.79 Å². The van der Waals surface area contributed by atoms with Gasteiger partial charge in [0.2, 0.25) is 0 Å². The minimum Gasteiger partial charge on any atom is -0.370 e. The second kappa shape index (κ2) is 4.41. The van der Waals surface area contributed by atoms with Crippen LogP contribution in [0.25, 0.3) is 10.8 Å². The number of carbonyl (C=O) groups is 1. The van der Waals surface area contributed by atoms with Crippen molar-refractivity contribution < 1.29 is 4.79 Å². The quantitative estimate of drug-likeness (QED) is 0.768. The predicted molar refractivity (Wildman–Crippen MR) is 72.7 cm³/mol. The van der Waals surface area contributed by atoms with Crippen LogP contribution < -0.4 is 4.90 Å². The first kappa shape index (κ1) is 11.2. The SMILES string of the molecule is CC1CN(c2cccc3cnccc23)CCC1=O. The van der Waals surface area contributed by atoms with Crippen molar-refractivity contribution in [3.8, 4) is 0 Å². The molecule has 2 heterocycles. The lowest BCUT2D eigenvalue weighted by molar-refractivity contribution is -0.122. The van der Waals surface area contributed by atoms with Crippen molar-refractivity contribution in [3.05, 3.63) is 36.7 Å². The van der Waals surface area contributed by atoms with Crippen molar-refractivity contribution in [2.75, 3.05) is 18.0 Å². The third-order valence-electron chi connectivity index (χ3n) is 3.67. The molecule has 1 aliphatic heterocycles. The van der Waals surface area contributed by atoms with E-state index >= 15 is 0 Å². The van der Waals surface area contributed by atoms with Crippen LogP contribution in [0.2, 0.25) is 0 Å². The summed E-state index contributed by atoms with van der Waals surface area (Å²) in [5, 5.41) is 2.37. The summed E-state index contributed by atoms with van der Waals surface area (Å²) in [6.07, 6.45) is 4.37. The van der Waals surface area contributed by atoms with Crippen molar-refractivity contribution in [2.24, 2.45) is 5.92 Å². The average molecular weight is 240 g/mol. The van der Waals surface area contributed by atoms with Gasteiger partial charge in [0.25, 0.3) is 0 Å². The van der Waals surface area contributed by atoms with Crippen LogP contribution in [-0.2, 0) is 4.79 Å². The lowest BCUT2D eigenvalue weighted by Crippen LogP contribution is -2.39. The molecule has 1 aromatic carbocycles. The van der Waals surface area contributed by atoms with E-state index in [2.05, 4.69) is 28.1 Å². The molecule has 0 radical (unpaired) electrons. The maximum atomic E-state index is 11.6. The molecule has 0 spiro atoms. The van der Waals surface area contributed by atoms with E-state index in [1.807, 2.05) is 25.4 Å². The first-order valence-corrected chi connectivity index (χ1v) is 6.36. The van der Waals surface area contributed by atoms with Crippen molar-refractivity contribution in [3.63, 3.8) is 0 Å². The predicted octanol–water partition coefficient (Wildman–Crippen LogP) is 2.65. The van der Waals surface area contributed by atoms with E-state index in [4.69, 9.17) is 0 Å². The number of piperidine rings is 1. The van der Waals surface area contributed by atoms with Crippen molar-refractivity contribution in [1.82, 2.24) is 4.98 Å². The van der Waals surface area contributed by atoms with E-state index in [0.29, 0.717) is 12.2 Å². The van der Waals surface area contributed by atoms with Crippen LogP contribution in [0.4, 0.5) is 5.69 Å². The van der Waals surface area contributed by atoms with Crippen LogP contribution in [0.1, 0.15) is 13.3 Å². The van der Waals surface area contributed by atoms with Crippen molar-refractivity contribution in [2.45, 2.75) is 13.3 Å². The topological polar surface area (TPSA) is 33.2 Å². The summed E-state index contributed by atoms with van der Waals surface area (Å²) < 4.78 is 0. The van der Waals surface area contributed by atoms with Crippen LogP contribution in [0.3, 0.4) is 0 Å². The summed E-state index contributed by atoms with van der Waals surface area (Å²) in [7, 11) is 0. The molecular weight excluding hydrogens is 224 g/mol. The number of carbonyl (C=O) groups excluding carboxylic acids is 1. The normalized spacial score (nSPS) is 20.4. The molecule has 18 heavy (non-hydrogen) atoms. The van der Waals surface area contributed by atoms with Crippen LogP contribution in [0, 0.1) is 5.92 Å². The van der Waals surface area contributed by atoms with Gasteiger partial charge in [-0.1, -0.05) is 19.1 Å². The molecule has 1 unspecified atom stereocenters. The van der Waals surface area contributed by atoms with Gasteiger partial charge in [0.05, 0.1) is 0 Å². The summed E-state index contributed by atoms with van der Waals surface area (Å²) in [6, 6.07) is 8.31. The molecular formula is C15H16N2O. The number of ketones is 1. The molecule has 0 amide bonds. The Hall–Kier alpha value is -1.90. The zero-order valence-electron chi connectivity index (χ0n) is 10.5. The maximum absolute atomic E-state index is 11.6. The van der Waals surface area contributed by atoms with E-state index in [0.717, 1.165) is 18.5 Å². The lowest BCUT2D eigenvalue weighted by atomic mass is 9.97. The molecule has 3 nitrogen and oxygen atoms in total. The highest BCUT2D eigenvalue weighted by atomic mass is 16.1. The smallest absolute Gasteiger partial charge is 0.139 e. The summed E-state index contributed by atoms with van der Waals surface area (Å²) in [5.41, 5.74) is 1.22. The van der Waals surface area contributed by atoms with Gasteiger partial charge < -0.3 is 4.90 Å². The van der Waals surface area contributed by atoms with Gasteiger partial charge in [-0.05, 0) is 12.1 Å². The number of fused-ring (bicyclic) bond motifs is 1. The van der Waals surface area contributed by atoms with Gasteiger partial charge >= 0.3 is 0 Å². The number of Topliss-reactive ketones (excluding diaryl/α,β-unsaturated/α-hetero) is 1.